The summed E-state index contributed by atoms with van der Waals surface area (Å²) in [5.74, 6) is 1.76. The third-order valence-corrected chi connectivity index (χ3v) is 12.6. The fraction of sp³-hybridized carbons (Fsp3) is 0.0370. The number of fused-ring (bicyclic) bond motifs is 13. The Morgan fingerprint density at radius 2 is 0.836 bits per heavy atom. The van der Waals surface area contributed by atoms with Crippen LogP contribution >= 0.6 is 0 Å². The Hall–Kier alpha value is -6.96. The first-order chi connectivity index (χ1) is 27.3. The van der Waals surface area contributed by atoms with Crippen molar-refractivity contribution >= 4 is 10.8 Å². The van der Waals surface area contributed by atoms with E-state index in [0.29, 0.717) is 0 Å². The Kier molecular flexibility index (Phi) is 6.25. The molecule has 0 saturated carbocycles. The van der Waals surface area contributed by atoms with Gasteiger partial charge in [-0.2, -0.15) is 0 Å². The van der Waals surface area contributed by atoms with Gasteiger partial charge in [-0.1, -0.05) is 182 Å². The molecule has 2 aliphatic carbocycles. The molecule has 0 aromatic heterocycles. The molecular weight excluding hydrogens is 665 g/mol. The molecule has 0 saturated heterocycles. The summed E-state index contributed by atoms with van der Waals surface area (Å²) in [5.41, 5.74) is 16.7. The van der Waals surface area contributed by atoms with E-state index < -0.39 is 10.8 Å². The SMILES string of the molecule is c1ccc(C2(c3ccccc3)c3ccccc3Oc3cc(-c4cccc5c4-c4ccccc4C54c5ccccc5-c5cc6ccccc6cc54)ccc32)cc1. The van der Waals surface area contributed by atoms with Crippen LogP contribution in [-0.4, -0.2) is 0 Å². The lowest BCUT2D eigenvalue weighted by atomic mass is 9.63. The van der Waals surface area contributed by atoms with Crippen LogP contribution in [0.1, 0.15) is 44.5 Å². The quantitative estimate of drug-likeness (QED) is 0.178. The fourth-order valence-corrected chi connectivity index (χ4v) is 10.5. The highest BCUT2D eigenvalue weighted by atomic mass is 16.5. The van der Waals surface area contributed by atoms with E-state index in [0.717, 1.165) is 28.2 Å². The van der Waals surface area contributed by atoms with E-state index in [-0.39, 0.29) is 0 Å². The van der Waals surface area contributed by atoms with Gasteiger partial charge >= 0.3 is 0 Å². The van der Waals surface area contributed by atoms with Gasteiger partial charge in [0.15, 0.2) is 0 Å². The Balaban J connectivity index is 1.13. The molecule has 0 bridgehead atoms. The molecule has 0 amide bonds. The summed E-state index contributed by atoms with van der Waals surface area (Å²) in [5, 5.41) is 2.54. The third kappa shape index (κ3) is 3.92. The van der Waals surface area contributed by atoms with E-state index in [1.165, 1.54) is 72.0 Å². The molecule has 256 valence electrons. The van der Waals surface area contributed by atoms with Crippen molar-refractivity contribution in [3.63, 3.8) is 0 Å². The van der Waals surface area contributed by atoms with Gasteiger partial charge in [-0.15, -0.1) is 0 Å². The van der Waals surface area contributed by atoms with E-state index in [9.17, 15) is 0 Å². The molecule has 1 spiro atoms. The molecule has 1 aliphatic heterocycles. The average Bonchev–Trinajstić information content (AvgIpc) is 3.72. The molecule has 1 atom stereocenters. The van der Waals surface area contributed by atoms with Crippen LogP contribution in [0.4, 0.5) is 0 Å². The van der Waals surface area contributed by atoms with Crippen molar-refractivity contribution in [2.45, 2.75) is 10.8 Å². The number of para-hydroxylation sites is 1. The zero-order valence-electron chi connectivity index (χ0n) is 30.0. The van der Waals surface area contributed by atoms with Crippen molar-refractivity contribution in [3.8, 4) is 44.9 Å². The van der Waals surface area contributed by atoms with Gasteiger partial charge in [-0.25, -0.2) is 0 Å². The summed E-state index contributed by atoms with van der Waals surface area (Å²) >= 11 is 0. The van der Waals surface area contributed by atoms with Crippen LogP contribution in [0.2, 0.25) is 0 Å². The molecular formula is C54H34O. The molecule has 9 aromatic rings. The van der Waals surface area contributed by atoms with E-state index in [4.69, 9.17) is 4.74 Å². The highest BCUT2D eigenvalue weighted by Gasteiger charge is 2.52. The van der Waals surface area contributed by atoms with Crippen molar-refractivity contribution in [1.82, 2.24) is 0 Å². The second kappa shape index (κ2) is 11.3. The summed E-state index contributed by atoms with van der Waals surface area (Å²) < 4.78 is 6.95. The summed E-state index contributed by atoms with van der Waals surface area (Å²) in [6, 6.07) is 76.1. The first-order valence-electron chi connectivity index (χ1n) is 19.2. The number of hydrogen-bond donors (Lipinski definition) is 0. The minimum Gasteiger partial charge on any atom is -0.457 e. The molecule has 0 radical (unpaired) electrons. The maximum atomic E-state index is 6.95. The topological polar surface area (TPSA) is 9.23 Å². The Bertz CT molecular complexity index is 2970. The molecule has 0 fully saturated rings. The van der Waals surface area contributed by atoms with Gasteiger partial charge in [0.05, 0.1) is 10.8 Å². The second-order valence-electron chi connectivity index (χ2n) is 15.1. The lowest BCUT2D eigenvalue weighted by molar-refractivity contribution is 0.435. The van der Waals surface area contributed by atoms with Crippen LogP contribution in [0.5, 0.6) is 11.5 Å². The van der Waals surface area contributed by atoms with Crippen LogP contribution in [-0.2, 0) is 10.8 Å². The van der Waals surface area contributed by atoms with E-state index in [2.05, 4.69) is 206 Å². The van der Waals surface area contributed by atoms with Gasteiger partial charge in [0, 0.05) is 11.1 Å². The second-order valence-corrected chi connectivity index (χ2v) is 15.1. The van der Waals surface area contributed by atoms with Gasteiger partial charge in [-0.3, -0.25) is 0 Å². The van der Waals surface area contributed by atoms with Gasteiger partial charge < -0.3 is 4.74 Å². The average molecular weight is 699 g/mol. The summed E-state index contributed by atoms with van der Waals surface area (Å²) in [4.78, 5) is 0. The molecule has 1 heterocycles. The van der Waals surface area contributed by atoms with Gasteiger partial charge in [-0.05, 0) is 102 Å². The van der Waals surface area contributed by atoms with E-state index in [1.807, 2.05) is 0 Å². The lowest BCUT2D eigenvalue weighted by Gasteiger charge is -2.41. The minimum absolute atomic E-state index is 0.433. The molecule has 0 N–H and O–H groups in total. The third-order valence-electron chi connectivity index (χ3n) is 12.6. The largest absolute Gasteiger partial charge is 0.457 e. The first-order valence-corrected chi connectivity index (χ1v) is 19.2. The van der Waals surface area contributed by atoms with Crippen LogP contribution in [0.3, 0.4) is 0 Å². The molecule has 12 rings (SSSR count). The van der Waals surface area contributed by atoms with E-state index >= 15 is 0 Å². The summed E-state index contributed by atoms with van der Waals surface area (Å²) in [6.07, 6.45) is 0. The Morgan fingerprint density at radius 3 is 1.58 bits per heavy atom. The molecule has 9 aromatic carbocycles. The maximum absolute atomic E-state index is 6.95. The monoisotopic (exact) mass is 698 g/mol. The van der Waals surface area contributed by atoms with Gasteiger partial charge in [0.1, 0.15) is 11.5 Å². The zero-order chi connectivity index (χ0) is 36.1. The molecule has 1 heteroatoms. The van der Waals surface area contributed by atoms with Crippen molar-refractivity contribution in [2.75, 3.05) is 0 Å². The molecule has 1 unspecified atom stereocenters. The first kappa shape index (κ1) is 30.5. The predicted molar refractivity (Wildman–Crippen MR) is 224 cm³/mol. The minimum atomic E-state index is -0.555. The fourth-order valence-electron chi connectivity index (χ4n) is 10.5. The highest BCUT2D eigenvalue weighted by Crippen LogP contribution is 2.65. The van der Waals surface area contributed by atoms with Crippen LogP contribution in [0.25, 0.3) is 44.2 Å². The van der Waals surface area contributed by atoms with Crippen LogP contribution < -0.4 is 4.74 Å². The number of benzene rings is 9. The molecule has 1 nitrogen and oxygen atoms in total. The van der Waals surface area contributed by atoms with Crippen molar-refractivity contribution in [3.05, 3.63) is 251 Å². The lowest BCUT2D eigenvalue weighted by Crippen LogP contribution is -2.34. The predicted octanol–water partition coefficient (Wildman–Crippen LogP) is 13.3. The van der Waals surface area contributed by atoms with Crippen molar-refractivity contribution in [1.29, 1.82) is 0 Å². The van der Waals surface area contributed by atoms with Crippen LogP contribution in [0.15, 0.2) is 206 Å². The molecule has 3 aliphatic rings. The zero-order valence-corrected chi connectivity index (χ0v) is 30.0. The smallest absolute Gasteiger partial charge is 0.132 e. The van der Waals surface area contributed by atoms with Gasteiger partial charge in [0.2, 0.25) is 0 Å². The van der Waals surface area contributed by atoms with Gasteiger partial charge in [0.25, 0.3) is 0 Å². The highest BCUT2D eigenvalue weighted by molar-refractivity contribution is 6.02. The van der Waals surface area contributed by atoms with Crippen molar-refractivity contribution in [2.24, 2.45) is 0 Å². The van der Waals surface area contributed by atoms with Crippen LogP contribution in [0, 0.1) is 0 Å². The normalized spacial score (nSPS) is 16.4. The maximum Gasteiger partial charge on any atom is 0.132 e. The number of rotatable bonds is 3. The van der Waals surface area contributed by atoms with Crippen molar-refractivity contribution < 1.29 is 4.74 Å². The number of ether oxygens (including phenoxy) is 1. The molecule has 55 heavy (non-hydrogen) atoms. The van der Waals surface area contributed by atoms with E-state index in [1.54, 1.807) is 0 Å². The summed E-state index contributed by atoms with van der Waals surface area (Å²) in [7, 11) is 0. The standard InChI is InChI=1S/C54H34O/c1-3-18-38(19-4-1)53(39-20-5-2-6-21-39)46-27-13-14-29-50(46)55-51-34-37(30-31-47(51)53)40-24-15-28-48-52(40)42-23-10-12-26-45(42)54(48)44-25-11-9-22-41(44)43-32-35-16-7-8-17-36(35)33-49(43)54/h1-34H. The Labute approximate surface area is 320 Å². The summed E-state index contributed by atoms with van der Waals surface area (Å²) in [6.45, 7) is 0. The number of hydrogen-bond acceptors (Lipinski definition) is 1. The Morgan fingerprint density at radius 1 is 0.291 bits per heavy atom.